The minimum Gasteiger partial charge on any atom is -0.493 e. The number of ether oxygens (including phenoxy) is 1. The zero-order valence-electron chi connectivity index (χ0n) is 12.8. The standard InChI is InChI=1S/C17H27ClOS/c1-14-12-16(18)13-15(2)17(14)19-10-8-6-4-3-5-7-9-11-20/h12-13,20H,3-11H2,1-2H3. The zero-order valence-corrected chi connectivity index (χ0v) is 14.4. The average molecular weight is 315 g/mol. The molecule has 0 radical (unpaired) electrons. The second-order valence-corrected chi connectivity index (χ2v) is 6.30. The van der Waals surface area contributed by atoms with Gasteiger partial charge >= 0.3 is 0 Å². The Kier molecular flexibility index (Phi) is 9.21. The quantitative estimate of drug-likeness (QED) is 0.412. The Morgan fingerprint density at radius 3 is 1.95 bits per heavy atom. The van der Waals surface area contributed by atoms with Crippen LogP contribution in [-0.2, 0) is 0 Å². The molecule has 0 N–H and O–H groups in total. The number of hydrogen-bond donors (Lipinski definition) is 1. The van der Waals surface area contributed by atoms with Gasteiger partial charge in [-0.1, -0.05) is 43.7 Å². The van der Waals surface area contributed by atoms with Crippen LogP contribution in [0, 0.1) is 13.8 Å². The molecule has 114 valence electrons. The first-order chi connectivity index (χ1) is 9.65. The largest absolute Gasteiger partial charge is 0.493 e. The van der Waals surface area contributed by atoms with Crippen LogP contribution in [0.1, 0.15) is 56.1 Å². The van der Waals surface area contributed by atoms with E-state index in [-0.39, 0.29) is 0 Å². The molecule has 0 aliphatic rings. The molecule has 0 unspecified atom stereocenters. The third-order valence-electron chi connectivity index (χ3n) is 3.47. The van der Waals surface area contributed by atoms with Crippen molar-refractivity contribution in [2.75, 3.05) is 12.4 Å². The first kappa shape index (κ1) is 17.7. The van der Waals surface area contributed by atoms with Crippen LogP contribution in [0.5, 0.6) is 5.75 Å². The number of hydrogen-bond acceptors (Lipinski definition) is 2. The minimum atomic E-state index is 0.786. The van der Waals surface area contributed by atoms with Crippen LogP contribution in [0.15, 0.2) is 12.1 Å². The summed E-state index contributed by atoms with van der Waals surface area (Å²) in [6.45, 7) is 4.91. The topological polar surface area (TPSA) is 9.23 Å². The average Bonchev–Trinajstić information content (AvgIpc) is 2.39. The Morgan fingerprint density at radius 1 is 0.900 bits per heavy atom. The highest BCUT2D eigenvalue weighted by atomic mass is 35.5. The summed E-state index contributed by atoms with van der Waals surface area (Å²) in [5.41, 5.74) is 2.25. The van der Waals surface area contributed by atoms with Crippen LogP contribution in [0.2, 0.25) is 5.02 Å². The van der Waals surface area contributed by atoms with Gasteiger partial charge in [0.1, 0.15) is 5.75 Å². The molecule has 0 aromatic heterocycles. The highest BCUT2D eigenvalue weighted by Crippen LogP contribution is 2.27. The third kappa shape index (κ3) is 6.90. The molecular formula is C17H27ClOS. The molecular weight excluding hydrogens is 288 g/mol. The van der Waals surface area contributed by atoms with Crippen LogP contribution < -0.4 is 4.74 Å². The van der Waals surface area contributed by atoms with E-state index in [0.29, 0.717) is 0 Å². The van der Waals surface area contributed by atoms with E-state index in [0.717, 1.165) is 40.7 Å². The molecule has 0 amide bonds. The number of unbranched alkanes of at least 4 members (excludes halogenated alkanes) is 6. The van der Waals surface area contributed by atoms with E-state index in [1.807, 2.05) is 12.1 Å². The van der Waals surface area contributed by atoms with Crippen LogP contribution >= 0.6 is 24.2 Å². The van der Waals surface area contributed by atoms with Crippen molar-refractivity contribution in [3.05, 3.63) is 28.3 Å². The summed E-state index contributed by atoms with van der Waals surface area (Å²) >= 11 is 10.2. The fourth-order valence-corrected chi connectivity index (χ4v) is 2.95. The number of halogens is 1. The molecule has 1 aromatic carbocycles. The maximum atomic E-state index is 6.02. The van der Waals surface area contributed by atoms with Crippen molar-refractivity contribution < 1.29 is 4.74 Å². The van der Waals surface area contributed by atoms with Crippen LogP contribution in [0.25, 0.3) is 0 Å². The van der Waals surface area contributed by atoms with Crippen molar-refractivity contribution in [1.29, 1.82) is 0 Å². The molecule has 0 heterocycles. The Labute approximate surface area is 134 Å². The molecule has 0 bridgehead atoms. The summed E-state index contributed by atoms with van der Waals surface area (Å²) in [7, 11) is 0. The summed E-state index contributed by atoms with van der Waals surface area (Å²) in [5.74, 6) is 2.02. The van der Waals surface area contributed by atoms with Gasteiger partial charge in [-0.05, 0) is 55.7 Å². The van der Waals surface area contributed by atoms with Crippen molar-refractivity contribution in [1.82, 2.24) is 0 Å². The van der Waals surface area contributed by atoms with Gasteiger partial charge in [-0.2, -0.15) is 12.6 Å². The number of benzene rings is 1. The van der Waals surface area contributed by atoms with Crippen molar-refractivity contribution in [3.8, 4) is 5.75 Å². The molecule has 0 atom stereocenters. The number of rotatable bonds is 10. The van der Waals surface area contributed by atoms with Crippen LogP contribution in [-0.4, -0.2) is 12.4 Å². The molecule has 1 rings (SSSR count). The van der Waals surface area contributed by atoms with Gasteiger partial charge < -0.3 is 4.74 Å². The maximum absolute atomic E-state index is 6.02. The van der Waals surface area contributed by atoms with E-state index >= 15 is 0 Å². The first-order valence-corrected chi connectivity index (χ1v) is 8.66. The lowest BCUT2D eigenvalue weighted by Gasteiger charge is -2.12. The Bertz CT molecular complexity index is 370. The lowest BCUT2D eigenvalue weighted by molar-refractivity contribution is 0.300. The Balaban J connectivity index is 2.13. The predicted octanol–water partition coefficient (Wildman–Crippen LogP) is 6.00. The van der Waals surface area contributed by atoms with Gasteiger partial charge in [0.25, 0.3) is 0 Å². The van der Waals surface area contributed by atoms with Crippen molar-refractivity contribution in [3.63, 3.8) is 0 Å². The van der Waals surface area contributed by atoms with E-state index in [1.165, 1.54) is 38.5 Å². The lowest BCUT2D eigenvalue weighted by atomic mass is 10.1. The summed E-state index contributed by atoms with van der Waals surface area (Å²) < 4.78 is 5.90. The number of aryl methyl sites for hydroxylation is 2. The zero-order chi connectivity index (χ0) is 14.8. The van der Waals surface area contributed by atoms with Gasteiger partial charge in [0, 0.05) is 5.02 Å². The lowest BCUT2D eigenvalue weighted by Crippen LogP contribution is -2.00. The molecule has 3 heteroatoms. The van der Waals surface area contributed by atoms with Gasteiger partial charge in [0.15, 0.2) is 0 Å². The highest BCUT2D eigenvalue weighted by Gasteiger charge is 2.05. The van der Waals surface area contributed by atoms with Gasteiger partial charge in [-0.3, -0.25) is 0 Å². The highest BCUT2D eigenvalue weighted by molar-refractivity contribution is 7.80. The molecule has 0 saturated heterocycles. The SMILES string of the molecule is Cc1cc(Cl)cc(C)c1OCCCCCCCCCS. The predicted molar refractivity (Wildman–Crippen MR) is 92.6 cm³/mol. The van der Waals surface area contributed by atoms with Gasteiger partial charge in [0.05, 0.1) is 6.61 Å². The second-order valence-electron chi connectivity index (χ2n) is 5.42. The molecule has 0 aliphatic heterocycles. The monoisotopic (exact) mass is 314 g/mol. The summed E-state index contributed by atoms with van der Waals surface area (Å²) in [5, 5.41) is 0.786. The Hall–Kier alpha value is -0.340. The van der Waals surface area contributed by atoms with E-state index in [4.69, 9.17) is 16.3 Å². The van der Waals surface area contributed by atoms with E-state index in [1.54, 1.807) is 0 Å². The smallest absolute Gasteiger partial charge is 0.125 e. The fraction of sp³-hybridized carbons (Fsp3) is 0.647. The van der Waals surface area contributed by atoms with Crippen LogP contribution in [0.3, 0.4) is 0 Å². The van der Waals surface area contributed by atoms with Crippen molar-refractivity contribution in [2.24, 2.45) is 0 Å². The molecule has 1 aromatic rings. The van der Waals surface area contributed by atoms with Gasteiger partial charge in [-0.15, -0.1) is 0 Å². The van der Waals surface area contributed by atoms with E-state index < -0.39 is 0 Å². The fourth-order valence-electron chi connectivity index (χ4n) is 2.40. The summed E-state index contributed by atoms with van der Waals surface area (Å²) in [4.78, 5) is 0. The van der Waals surface area contributed by atoms with Crippen molar-refractivity contribution in [2.45, 2.75) is 58.8 Å². The normalized spacial score (nSPS) is 10.8. The maximum Gasteiger partial charge on any atom is 0.125 e. The first-order valence-electron chi connectivity index (χ1n) is 7.65. The van der Waals surface area contributed by atoms with E-state index in [9.17, 15) is 0 Å². The second kappa shape index (κ2) is 10.4. The molecule has 0 fully saturated rings. The summed E-state index contributed by atoms with van der Waals surface area (Å²) in [6, 6.07) is 3.93. The van der Waals surface area contributed by atoms with Crippen LogP contribution in [0.4, 0.5) is 0 Å². The van der Waals surface area contributed by atoms with Crippen molar-refractivity contribution >= 4 is 24.2 Å². The minimum absolute atomic E-state index is 0.786. The molecule has 0 spiro atoms. The molecule has 0 aliphatic carbocycles. The molecule has 20 heavy (non-hydrogen) atoms. The molecule has 0 saturated carbocycles. The molecule has 1 nitrogen and oxygen atoms in total. The van der Waals surface area contributed by atoms with Gasteiger partial charge in [-0.25, -0.2) is 0 Å². The Morgan fingerprint density at radius 2 is 1.40 bits per heavy atom. The summed E-state index contributed by atoms with van der Waals surface area (Å²) in [6.07, 6.45) is 8.96. The number of thiol groups is 1. The third-order valence-corrected chi connectivity index (χ3v) is 4.01. The van der Waals surface area contributed by atoms with E-state index in [2.05, 4.69) is 26.5 Å². The van der Waals surface area contributed by atoms with Gasteiger partial charge in [0.2, 0.25) is 0 Å².